The van der Waals surface area contributed by atoms with Crippen molar-refractivity contribution in [3.05, 3.63) is 22.4 Å². The van der Waals surface area contributed by atoms with Gasteiger partial charge in [-0.15, -0.1) is 0 Å². The smallest absolute Gasteiger partial charge is 0.475 e. The average Bonchev–Trinajstić information content (AvgIpc) is 2.53. The molecule has 2 heterocycles. The fraction of sp³-hybridized carbons (Fsp3) is 0.444. The molecule has 0 atom stereocenters. The fourth-order valence-electron chi connectivity index (χ4n) is 1.03. The van der Waals surface area contributed by atoms with Crippen LogP contribution in [0.3, 0.4) is 0 Å². The number of carbonyl (C=O) groups is 1. The average molecular weight is 253 g/mol. The molecule has 1 saturated heterocycles. The summed E-state index contributed by atoms with van der Waals surface area (Å²) in [7, 11) is 0. The molecule has 90 valence electrons. The lowest BCUT2D eigenvalue weighted by Crippen LogP contribution is -2.39. The van der Waals surface area contributed by atoms with Crippen molar-refractivity contribution >= 4 is 17.3 Å². The Balaban J connectivity index is 0.000000168. The van der Waals surface area contributed by atoms with Gasteiger partial charge in [-0.3, -0.25) is 0 Å². The molecule has 2 rings (SSSR count). The molecular formula is C9H10F3NO2S. The molecule has 0 aromatic carbocycles. The third-order valence-corrected chi connectivity index (χ3v) is 2.74. The van der Waals surface area contributed by atoms with Crippen LogP contribution < -0.4 is 5.32 Å². The third-order valence-electron chi connectivity index (χ3n) is 2.04. The molecule has 1 aliphatic heterocycles. The van der Waals surface area contributed by atoms with Gasteiger partial charge in [0, 0.05) is 19.0 Å². The molecule has 0 spiro atoms. The highest BCUT2D eigenvalue weighted by Gasteiger charge is 2.38. The third kappa shape index (κ3) is 3.82. The van der Waals surface area contributed by atoms with Crippen LogP contribution in [0.5, 0.6) is 0 Å². The Bertz CT molecular complexity index is 333. The molecule has 0 bridgehead atoms. The van der Waals surface area contributed by atoms with Crippen LogP contribution in [0.2, 0.25) is 0 Å². The van der Waals surface area contributed by atoms with Crippen molar-refractivity contribution in [2.24, 2.45) is 0 Å². The van der Waals surface area contributed by atoms with Crippen LogP contribution in [0.15, 0.2) is 16.8 Å². The van der Waals surface area contributed by atoms with Crippen molar-refractivity contribution in [2.45, 2.75) is 12.1 Å². The fourth-order valence-corrected chi connectivity index (χ4v) is 1.77. The Labute approximate surface area is 93.9 Å². The van der Waals surface area contributed by atoms with E-state index >= 15 is 0 Å². The predicted octanol–water partition coefficient (Wildman–Crippen LogP) is 2.07. The number of hydrogen-bond acceptors (Lipinski definition) is 3. The summed E-state index contributed by atoms with van der Waals surface area (Å²) in [6, 6.07) is 2.22. The van der Waals surface area contributed by atoms with E-state index < -0.39 is 12.1 Å². The highest BCUT2D eigenvalue weighted by Crippen LogP contribution is 2.21. The van der Waals surface area contributed by atoms with Gasteiger partial charge in [0.25, 0.3) is 0 Å². The van der Waals surface area contributed by atoms with E-state index in [0.29, 0.717) is 0 Å². The molecule has 7 heteroatoms. The molecule has 1 aromatic rings. The van der Waals surface area contributed by atoms with E-state index in [-0.39, 0.29) is 0 Å². The van der Waals surface area contributed by atoms with Crippen molar-refractivity contribution in [3.8, 4) is 0 Å². The van der Waals surface area contributed by atoms with Crippen LogP contribution in [0.25, 0.3) is 0 Å². The summed E-state index contributed by atoms with van der Waals surface area (Å²) < 4.78 is 31.7. The van der Waals surface area contributed by atoms with Crippen molar-refractivity contribution in [2.75, 3.05) is 13.1 Å². The quantitative estimate of drug-likeness (QED) is 0.805. The number of alkyl halides is 3. The van der Waals surface area contributed by atoms with Crippen molar-refractivity contribution in [1.82, 2.24) is 5.32 Å². The van der Waals surface area contributed by atoms with Gasteiger partial charge in [0.05, 0.1) is 0 Å². The summed E-state index contributed by atoms with van der Waals surface area (Å²) in [6.45, 7) is 2.35. The molecule has 0 unspecified atom stereocenters. The molecule has 0 amide bonds. The molecule has 16 heavy (non-hydrogen) atoms. The van der Waals surface area contributed by atoms with E-state index in [4.69, 9.17) is 9.90 Å². The zero-order valence-corrected chi connectivity index (χ0v) is 8.94. The maximum atomic E-state index is 10.6. The summed E-state index contributed by atoms with van der Waals surface area (Å²) in [4.78, 5) is 8.90. The molecule has 1 fully saturated rings. The number of nitrogens with one attached hydrogen (secondary N) is 1. The zero-order valence-electron chi connectivity index (χ0n) is 8.12. The number of hydrogen-bond donors (Lipinski definition) is 2. The number of rotatable bonds is 1. The zero-order chi connectivity index (χ0) is 12.2. The molecule has 0 radical (unpaired) electrons. The summed E-state index contributed by atoms with van der Waals surface area (Å²) in [5.41, 5.74) is 1.51. The first-order valence-electron chi connectivity index (χ1n) is 4.44. The van der Waals surface area contributed by atoms with E-state index in [2.05, 4.69) is 22.1 Å². The number of aliphatic carboxylic acids is 1. The Hall–Kier alpha value is -1.08. The van der Waals surface area contributed by atoms with Gasteiger partial charge in [-0.2, -0.15) is 24.5 Å². The lowest BCUT2D eigenvalue weighted by Gasteiger charge is -2.26. The van der Waals surface area contributed by atoms with Crippen LogP contribution in [-0.2, 0) is 4.79 Å². The van der Waals surface area contributed by atoms with Gasteiger partial charge >= 0.3 is 12.1 Å². The van der Waals surface area contributed by atoms with Crippen molar-refractivity contribution < 1.29 is 23.1 Å². The van der Waals surface area contributed by atoms with Crippen molar-refractivity contribution in [1.29, 1.82) is 0 Å². The number of carboxylic acid groups (broad SMARTS) is 1. The van der Waals surface area contributed by atoms with Gasteiger partial charge in [0.2, 0.25) is 0 Å². The first kappa shape index (κ1) is 13.0. The first-order chi connectivity index (χ1) is 7.41. The molecule has 0 aliphatic carbocycles. The minimum Gasteiger partial charge on any atom is -0.475 e. The van der Waals surface area contributed by atoms with Gasteiger partial charge in [-0.05, 0) is 22.4 Å². The van der Waals surface area contributed by atoms with Gasteiger partial charge in [-0.25, -0.2) is 4.79 Å². The summed E-state index contributed by atoms with van der Waals surface area (Å²) in [6.07, 6.45) is -5.08. The second kappa shape index (κ2) is 5.31. The van der Waals surface area contributed by atoms with Crippen LogP contribution in [0.4, 0.5) is 13.2 Å². The number of thiophene rings is 1. The normalized spacial score (nSPS) is 15.9. The van der Waals surface area contributed by atoms with Gasteiger partial charge in [-0.1, -0.05) is 0 Å². The minimum atomic E-state index is -5.08. The highest BCUT2D eigenvalue weighted by atomic mass is 32.1. The molecule has 0 saturated carbocycles. The lowest BCUT2D eigenvalue weighted by molar-refractivity contribution is -0.192. The molecule has 1 aliphatic rings. The van der Waals surface area contributed by atoms with Crippen LogP contribution in [-0.4, -0.2) is 30.3 Å². The van der Waals surface area contributed by atoms with E-state index in [0.717, 1.165) is 5.92 Å². The van der Waals surface area contributed by atoms with E-state index in [1.165, 1.54) is 18.7 Å². The van der Waals surface area contributed by atoms with Gasteiger partial charge in [0.15, 0.2) is 0 Å². The molecule has 2 N–H and O–H groups in total. The summed E-state index contributed by atoms with van der Waals surface area (Å²) in [5.74, 6) is -1.94. The van der Waals surface area contributed by atoms with Crippen molar-refractivity contribution in [3.63, 3.8) is 0 Å². The molecule has 1 aromatic heterocycles. The maximum Gasteiger partial charge on any atom is 0.490 e. The maximum absolute atomic E-state index is 10.6. The minimum absolute atomic E-state index is 0.816. The summed E-state index contributed by atoms with van der Waals surface area (Å²) >= 11 is 1.79. The monoisotopic (exact) mass is 253 g/mol. The van der Waals surface area contributed by atoms with Crippen LogP contribution >= 0.6 is 11.3 Å². The van der Waals surface area contributed by atoms with E-state index in [1.54, 1.807) is 11.3 Å². The second-order valence-corrected chi connectivity index (χ2v) is 3.99. The van der Waals surface area contributed by atoms with Crippen LogP contribution in [0.1, 0.15) is 11.5 Å². The highest BCUT2D eigenvalue weighted by molar-refractivity contribution is 7.07. The standard InChI is InChI=1S/C7H9NS.C2HF3O2/c1-2-9-5-6(1)7-3-8-4-7;3-2(4,5)1(6)7/h1-2,5,7-8H,3-4H2;(H,6,7). The summed E-state index contributed by atoms with van der Waals surface area (Å²) in [5, 5.41) is 14.8. The predicted molar refractivity (Wildman–Crippen MR) is 53.6 cm³/mol. The van der Waals surface area contributed by atoms with Gasteiger partial charge < -0.3 is 10.4 Å². The lowest BCUT2D eigenvalue weighted by atomic mass is 9.97. The van der Waals surface area contributed by atoms with E-state index in [9.17, 15) is 13.2 Å². The Morgan fingerprint density at radius 2 is 2.06 bits per heavy atom. The SMILES string of the molecule is O=C(O)C(F)(F)F.c1cc(C2CNC2)cs1. The second-order valence-electron chi connectivity index (χ2n) is 3.21. The topological polar surface area (TPSA) is 49.3 Å². The molecular weight excluding hydrogens is 243 g/mol. The Morgan fingerprint density at radius 3 is 2.31 bits per heavy atom. The Kier molecular flexibility index (Phi) is 4.31. The van der Waals surface area contributed by atoms with Gasteiger partial charge in [0.1, 0.15) is 0 Å². The largest absolute Gasteiger partial charge is 0.490 e. The number of halogens is 3. The first-order valence-corrected chi connectivity index (χ1v) is 5.38. The Morgan fingerprint density at radius 1 is 1.50 bits per heavy atom. The van der Waals surface area contributed by atoms with E-state index in [1.807, 2.05) is 0 Å². The number of carboxylic acids is 1. The molecule has 3 nitrogen and oxygen atoms in total. The van der Waals surface area contributed by atoms with Crippen LogP contribution in [0, 0.1) is 0 Å².